The monoisotopic (exact) mass is 321 g/mol. The van der Waals surface area contributed by atoms with Crippen LogP contribution >= 0.6 is 11.7 Å². The first-order chi connectivity index (χ1) is 11.3. The fourth-order valence-electron chi connectivity index (χ4n) is 3.29. The van der Waals surface area contributed by atoms with Gasteiger partial charge in [0.05, 0.1) is 23.4 Å². The highest BCUT2D eigenvalue weighted by Gasteiger charge is 2.29. The molecular formula is C16H11N5OS. The predicted molar refractivity (Wildman–Crippen MR) is 88.6 cm³/mol. The van der Waals surface area contributed by atoms with Crippen molar-refractivity contribution in [3.63, 3.8) is 0 Å². The van der Waals surface area contributed by atoms with Crippen LogP contribution in [0.25, 0.3) is 21.9 Å². The fraction of sp³-hybridized carbons (Fsp3) is 0.125. The molecule has 7 heteroatoms. The molecule has 2 aromatic carbocycles. The zero-order chi connectivity index (χ0) is 15.4. The fourth-order valence-corrected chi connectivity index (χ4v) is 3.84. The Morgan fingerprint density at radius 2 is 2.13 bits per heavy atom. The molecule has 1 aliphatic rings. The standard InChI is InChI=1S/C16H11N5OS/c22-15-5-10(9-2-1-3-12-16(9)21-23-20-12)11-4-8-7-17-19-13(8)6-14(11)18-15/h1-4,6-7,10H,5H2,(H,17,19)(H,18,22)/t10-/m1/s1. The summed E-state index contributed by atoms with van der Waals surface area (Å²) < 4.78 is 8.73. The van der Waals surface area contributed by atoms with Crippen molar-refractivity contribution in [1.29, 1.82) is 0 Å². The minimum absolute atomic E-state index is 0.0153. The van der Waals surface area contributed by atoms with Gasteiger partial charge >= 0.3 is 0 Å². The Hall–Kier alpha value is -2.80. The molecule has 5 rings (SSSR count). The molecule has 1 amide bonds. The molecule has 0 saturated carbocycles. The second-order valence-electron chi connectivity index (χ2n) is 5.68. The van der Waals surface area contributed by atoms with E-state index in [4.69, 9.17) is 0 Å². The van der Waals surface area contributed by atoms with Crippen LogP contribution in [-0.2, 0) is 4.79 Å². The van der Waals surface area contributed by atoms with Gasteiger partial charge < -0.3 is 5.32 Å². The van der Waals surface area contributed by atoms with Gasteiger partial charge in [0.15, 0.2) is 0 Å². The molecule has 0 unspecified atom stereocenters. The Kier molecular flexibility index (Phi) is 2.54. The lowest BCUT2D eigenvalue weighted by Gasteiger charge is -2.26. The number of anilines is 1. The summed E-state index contributed by atoms with van der Waals surface area (Å²) in [6.45, 7) is 0. The van der Waals surface area contributed by atoms with Gasteiger partial charge in [-0.25, -0.2) is 0 Å². The molecule has 0 bridgehead atoms. The summed E-state index contributed by atoms with van der Waals surface area (Å²) in [5.74, 6) is -0.00722. The average Bonchev–Trinajstić information content (AvgIpc) is 3.20. The van der Waals surface area contributed by atoms with Crippen LogP contribution < -0.4 is 5.32 Å². The number of carbonyl (C=O) groups is 1. The Morgan fingerprint density at radius 1 is 1.17 bits per heavy atom. The van der Waals surface area contributed by atoms with Crippen LogP contribution in [0.15, 0.2) is 36.5 Å². The van der Waals surface area contributed by atoms with Crippen molar-refractivity contribution in [3.8, 4) is 0 Å². The van der Waals surface area contributed by atoms with Crippen molar-refractivity contribution in [2.45, 2.75) is 12.3 Å². The van der Waals surface area contributed by atoms with Gasteiger partial charge in [0.25, 0.3) is 0 Å². The Bertz CT molecular complexity index is 1070. The van der Waals surface area contributed by atoms with E-state index in [1.165, 1.54) is 11.7 Å². The number of benzene rings is 2. The van der Waals surface area contributed by atoms with E-state index in [-0.39, 0.29) is 11.8 Å². The molecule has 1 aliphatic heterocycles. The lowest BCUT2D eigenvalue weighted by molar-refractivity contribution is -0.116. The van der Waals surface area contributed by atoms with Gasteiger partial charge in [0.1, 0.15) is 11.0 Å². The molecule has 112 valence electrons. The molecule has 2 aromatic heterocycles. The van der Waals surface area contributed by atoms with Crippen LogP contribution in [0.4, 0.5) is 5.69 Å². The molecule has 0 aliphatic carbocycles. The highest BCUT2D eigenvalue weighted by molar-refractivity contribution is 7.00. The number of aromatic nitrogens is 4. The molecular weight excluding hydrogens is 310 g/mol. The zero-order valence-electron chi connectivity index (χ0n) is 11.9. The summed E-state index contributed by atoms with van der Waals surface area (Å²) in [6.07, 6.45) is 2.21. The van der Waals surface area contributed by atoms with Gasteiger partial charge in [0, 0.05) is 23.4 Å². The number of aromatic amines is 1. The second-order valence-corrected chi connectivity index (χ2v) is 6.21. The highest BCUT2D eigenvalue weighted by Crippen LogP contribution is 2.40. The first-order valence-electron chi connectivity index (χ1n) is 7.27. The summed E-state index contributed by atoms with van der Waals surface area (Å²) in [7, 11) is 0. The molecule has 0 radical (unpaired) electrons. The SMILES string of the molecule is O=C1C[C@H](c2cccc3nsnc23)c2cc3cn[nH]c3cc2N1. The summed E-state index contributed by atoms with van der Waals surface area (Å²) in [6, 6.07) is 10.0. The number of fused-ring (bicyclic) bond motifs is 3. The van der Waals surface area contributed by atoms with E-state index in [2.05, 4.69) is 30.3 Å². The molecule has 2 N–H and O–H groups in total. The lowest BCUT2D eigenvalue weighted by Crippen LogP contribution is -2.23. The normalized spacial score (nSPS) is 17.4. The number of H-pyrrole nitrogens is 1. The van der Waals surface area contributed by atoms with Crippen LogP contribution in [0.3, 0.4) is 0 Å². The van der Waals surface area contributed by atoms with Crippen molar-refractivity contribution in [2.75, 3.05) is 5.32 Å². The van der Waals surface area contributed by atoms with E-state index in [1.54, 1.807) is 6.20 Å². The molecule has 23 heavy (non-hydrogen) atoms. The number of nitrogens with zero attached hydrogens (tertiary/aromatic N) is 3. The smallest absolute Gasteiger partial charge is 0.225 e. The van der Waals surface area contributed by atoms with Gasteiger partial charge in [-0.15, -0.1) is 0 Å². The number of amides is 1. The molecule has 1 atom stereocenters. The maximum atomic E-state index is 12.2. The van der Waals surface area contributed by atoms with E-state index >= 15 is 0 Å². The van der Waals surface area contributed by atoms with E-state index in [0.717, 1.165) is 38.8 Å². The number of nitrogens with one attached hydrogen (secondary N) is 2. The minimum atomic E-state index is -0.0225. The van der Waals surface area contributed by atoms with Gasteiger partial charge in [-0.2, -0.15) is 13.8 Å². The Balaban J connectivity index is 1.78. The van der Waals surface area contributed by atoms with Crippen LogP contribution in [-0.4, -0.2) is 24.9 Å². The van der Waals surface area contributed by atoms with Crippen molar-refractivity contribution < 1.29 is 4.79 Å². The highest BCUT2D eigenvalue weighted by atomic mass is 32.1. The van der Waals surface area contributed by atoms with Gasteiger partial charge in [-0.05, 0) is 29.3 Å². The third kappa shape index (κ3) is 1.86. The summed E-state index contributed by atoms with van der Waals surface area (Å²) >= 11 is 1.20. The molecule has 0 fully saturated rings. The summed E-state index contributed by atoms with van der Waals surface area (Å²) in [5.41, 5.74) is 5.66. The quantitative estimate of drug-likeness (QED) is 0.564. The topological polar surface area (TPSA) is 83.6 Å². The van der Waals surface area contributed by atoms with E-state index in [0.29, 0.717) is 6.42 Å². The average molecular weight is 321 g/mol. The van der Waals surface area contributed by atoms with Crippen molar-refractivity contribution in [1.82, 2.24) is 18.9 Å². The van der Waals surface area contributed by atoms with Crippen molar-refractivity contribution >= 4 is 45.3 Å². The lowest BCUT2D eigenvalue weighted by atomic mass is 9.83. The maximum Gasteiger partial charge on any atom is 0.225 e. The maximum absolute atomic E-state index is 12.2. The molecule has 6 nitrogen and oxygen atoms in total. The van der Waals surface area contributed by atoms with Gasteiger partial charge in [-0.1, -0.05) is 12.1 Å². The summed E-state index contributed by atoms with van der Waals surface area (Å²) in [4.78, 5) is 12.2. The predicted octanol–water partition coefficient (Wildman–Crippen LogP) is 3.04. The van der Waals surface area contributed by atoms with Crippen LogP contribution in [0, 0.1) is 0 Å². The first-order valence-corrected chi connectivity index (χ1v) is 8.01. The molecule has 0 saturated heterocycles. The minimum Gasteiger partial charge on any atom is -0.326 e. The van der Waals surface area contributed by atoms with Crippen LogP contribution in [0.2, 0.25) is 0 Å². The number of hydrogen-bond acceptors (Lipinski definition) is 5. The number of rotatable bonds is 1. The number of carbonyl (C=O) groups excluding carboxylic acids is 1. The second kappa shape index (κ2) is 4.60. The third-order valence-corrected chi connectivity index (χ3v) is 4.88. The molecule has 0 spiro atoms. The van der Waals surface area contributed by atoms with Gasteiger partial charge in [-0.3, -0.25) is 9.89 Å². The van der Waals surface area contributed by atoms with Crippen LogP contribution in [0.1, 0.15) is 23.5 Å². The molecule has 3 heterocycles. The van der Waals surface area contributed by atoms with E-state index < -0.39 is 0 Å². The third-order valence-electron chi connectivity index (χ3n) is 4.34. The summed E-state index contributed by atoms with van der Waals surface area (Å²) in [5, 5.41) is 11.0. The Labute approximate surface area is 134 Å². The van der Waals surface area contributed by atoms with Crippen molar-refractivity contribution in [3.05, 3.63) is 47.7 Å². The first kappa shape index (κ1) is 12.7. The number of hydrogen-bond donors (Lipinski definition) is 2. The van der Waals surface area contributed by atoms with Gasteiger partial charge in [0.2, 0.25) is 5.91 Å². The van der Waals surface area contributed by atoms with E-state index in [9.17, 15) is 4.79 Å². The van der Waals surface area contributed by atoms with E-state index in [1.807, 2.05) is 24.3 Å². The largest absolute Gasteiger partial charge is 0.326 e. The Morgan fingerprint density at radius 3 is 3.09 bits per heavy atom. The van der Waals surface area contributed by atoms with Crippen molar-refractivity contribution in [2.24, 2.45) is 0 Å². The van der Waals surface area contributed by atoms with Crippen LogP contribution in [0.5, 0.6) is 0 Å². The zero-order valence-corrected chi connectivity index (χ0v) is 12.7. The molecule has 4 aromatic rings.